The molecule has 1 heterocycles. The molecule has 1 fully saturated rings. The van der Waals surface area contributed by atoms with Gasteiger partial charge in [-0.1, -0.05) is 6.07 Å². The normalized spacial score (nSPS) is 16.3. The van der Waals surface area contributed by atoms with Crippen molar-refractivity contribution in [2.45, 2.75) is 31.5 Å². The Kier molecular flexibility index (Phi) is 5.47. The molecular weight excluding hydrogens is 414 g/mol. The van der Waals surface area contributed by atoms with E-state index in [4.69, 9.17) is 4.74 Å². The lowest BCUT2D eigenvalue weighted by atomic mass is 9.99. The summed E-state index contributed by atoms with van der Waals surface area (Å²) in [6.07, 6.45) is 2.52. The summed E-state index contributed by atoms with van der Waals surface area (Å²) >= 11 is 0. The number of ether oxygens (including phenoxy) is 1. The van der Waals surface area contributed by atoms with E-state index in [1.54, 1.807) is 18.4 Å². The van der Waals surface area contributed by atoms with E-state index in [0.717, 1.165) is 36.1 Å². The topological polar surface area (TPSA) is 49.8 Å². The van der Waals surface area contributed by atoms with E-state index in [2.05, 4.69) is 0 Å². The predicted octanol–water partition coefficient (Wildman–Crippen LogP) is 5.71. The Morgan fingerprint density at radius 2 is 1.97 bits per heavy atom. The Bertz CT molecular complexity index is 1070. The number of hydrogen-bond acceptors (Lipinski definition) is 3. The molecule has 0 radical (unpaired) electrons. The van der Waals surface area contributed by atoms with E-state index in [1.165, 1.54) is 24.3 Å². The van der Waals surface area contributed by atoms with Crippen molar-refractivity contribution in [3.8, 4) is 5.75 Å². The van der Waals surface area contributed by atoms with Gasteiger partial charge in [0.15, 0.2) is 0 Å². The van der Waals surface area contributed by atoms with Gasteiger partial charge >= 0.3 is 12.1 Å². The van der Waals surface area contributed by atoms with Gasteiger partial charge in [-0.3, -0.25) is 0 Å². The summed E-state index contributed by atoms with van der Waals surface area (Å²) in [4.78, 5) is 13.1. The first kappa shape index (κ1) is 21.0. The molecule has 0 amide bonds. The van der Waals surface area contributed by atoms with Gasteiger partial charge in [0.1, 0.15) is 17.3 Å². The fourth-order valence-corrected chi connectivity index (χ4v) is 3.51. The van der Waals surface area contributed by atoms with Crippen molar-refractivity contribution < 1.29 is 32.2 Å². The average molecular weight is 433 g/mol. The van der Waals surface area contributed by atoms with Crippen molar-refractivity contribution >= 4 is 5.97 Å². The summed E-state index contributed by atoms with van der Waals surface area (Å²) in [6.45, 7) is 0.795. The lowest BCUT2D eigenvalue weighted by Crippen LogP contribution is -2.21. The maximum Gasteiger partial charge on any atom is 0.416 e. The number of nitrogens with zero attached hydrogens (tertiary/aromatic N) is 1. The monoisotopic (exact) mass is 433 g/mol. The highest BCUT2D eigenvalue weighted by molar-refractivity contribution is 5.88. The molecule has 0 spiro atoms. The van der Waals surface area contributed by atoms with Crippen LogP contribution in [0, 0.1) is 5.82 Å². The molecular formula is C23H19F4NO3. The third kappa shape index (κ3) is 4.90. The van der Waals surface area contributed by atoms with Crippen LogP contribution in [0.1, 0.15) is 45.8 Å². The van der Waals surface area contributed by atoms with Gasteiger partial charge in [-0.15, -0.1) is 0 Å². The quantitative estimate of drug-likeness (QED) is 0.593. The van der Waals surface area contributed by atoms with Crippen molar-refractivity contribution in [2.75, 3.05) is 6.54 Å². The summed E-state index contributed by atoms with van der Waals surface area (Å²) in [6, 6.07) is 7.36. The molecule has 0 aromatic heterocycles. The molecule has 1 aliphatic carbocycles. The standard InChI is InChI=1S/C23H19F4NO3/c24-21-10-15(19(14-4-5-14)12-20(21)22(29)30)13-28-8-6-17(7-9-28)31-18-3-1-2-16(11-18)23(25,26)27/h1-3,6-8,10-12,14H,4-5,9,13H2,(H,29,30). The minimum Gasteiger partial charge on any atom is -0.478 e. The first-order valence-electron chi connectivity index (χ1n) is 9.74. The molecule has 0 unspecified atom stereocenters. The van der Waals surface area contributed by atoms with Gasteiger partial charge in [-0.25, -0.2) is 9.18 Å². The Hall–Kier alpha value is -3.29. The van der Waals surface area contributed by atoms with Gasteiger partial charge in [-0.05, 0) is 72.4 Å². The van der Waals surface area contributed by atoms with Gasteiger partial charge in [0.05, 0.1) is 11.1 Å². The lowest BCUT2D eigenvalue weighted by Gasteiger charge is -2.24. The zero-order valence-corrected chi connectivity index (χ0v) is 16.3. The van der Waals surface area contributed by atoms with E-state index in [-0.39, 0.29) is 17.2 Å². The smallest absolute Gasteiger partial charge is 0.416 e. The Balaban J connectivity index is 1.45. The average Bonchev–Trinajstić information content (AvgIpc) is 3.54. The zero-order chi connectivity index (χ0) is 22.2. The number of hydrogen-bond donors (Lipinski definition) is 1. The van der Waals surface area contributed by atoms with E-state index < -0.39 is 23.5 Å². The largest absolute Gasteiger partial charge is 0.478 e. The fraction of sp³-hybridized carbons (Fsp3) is 0.261. The van der Waals surface area contributed by atoms with Crippen LogP contribution < -0.4 is 4.74 Å². The highest BCUT2D eigenvalue weighted by Crippen LogP contribution is 2.43. The zero-order valence-electron chi connectivity index (χ0n) is 16.3. The third-order valence-electron chi connectivity index (χ3n) is 5.22. The number of aromatic carboxylic acids is 1. The third-order valence-corrected chi connectivity index (χ3v) is 5.22. The van der Waals surface area contributed by atoms with Crippen molar-refractivity contribution in [2.24, 2.45) is 0 Å². The molecule has 0 bridgehead atoms. The van der Waals surface area contributed by atoms with E-state index >= 15 is 0 Å². The Morgan fingerprint density at radius 1 is 1.19 bits per heavy atom. The Labute approximate surface area is 176 Å². The number of benzene rings is 2. The van der Waals surface area contributed by atoms with E-state index in [9.17, 15) is 27.5 Å². The van der Waals surface area contributed by atoms with Crippen LogP contribution >= 0.6 is 0 Å². The van der Waals surface area contributed by atoms with Crippen molar-refractivity contribution in [3.05, 3.63) is 88.6 Å². The van der Waals surface area contributed by atoms with Crippen LogP contribution in [0.3, 0.4) is 0 Å². The van der Waals surface area contributed by atoms with Gasteiger partial charge in [0, 0.05) is 19.3 Å². The Morgan fingerprint density at radius 3 is 2.58 bits per heavy atom. The van der Waals surface area contributed by atoms with Crippen molar-refractivity contribution in [1.82, 2.24) is 4.90 Å². The number of halogens is 4. The molecule has 2 aromatic rings. The molecule has 0 saturated heterocycles. The number of carbonyl (C=O) groups is 1. The first-order chi connectivity index (χ1) is 14.7. The van der Waals surface area contributed by atoms with E-state index in [0.29, 0.717) is 18.8 Å². The van der Waals surface area contributed by atoms with Crippen LogP contribution in [0.5, 0.6) is 5.75 Å². The van der Waals surface area contributed by atoms with Gasteiger partial charge in [0.25, 0.3) is 0 Å². The molecule has 2 aromatic carbocycles. The highest BCUT2D eigenvalue weighted by atomic mass is 19.4. The summed E-state index contributed by atoms with van der Waals surface area (Å²) < 4.78 is 58.3. The fourth-order valence-electron chi connectivity index (χ4n) is 3.51. The molecule has 162 valence electrons. The SMILES string of the molecule is O=C(O)c1cc(C2CC2)c(CN2C=CC(Oc3cccc(C(F)(F)F)c3)=CC2)cc1F. The molecule has 1 N–H and O–H groups in total. The summed E-state index contributed by atoms with van der Waals surface area (Å²) in [7, 11) is 0. The second-order valence-electron chi connectivity index (χ2n) is 7.59. The summed E-state index contributed by atoms with van der Waals surface area (Å²) in [5.74, 6) is -1.31. The molecule has 1 saturated carbocycles. The van der Waals surface area contributed by atoms with Crippen LogP contribution in [0.4, 0.5) is 17.6 Å². The van der Waals surface area contributed by atoms with E-state index in [1.807, 2.05) is 4.90 Å². The van der Waals surface area contributed by atoms with Crippen LogP contribution in [0.2, 0.25) is 0 Å². The predicted molar refractivity (Wildman–Crippen MR) is 105 cm³/mol. The molecule has 31 heavy (non-hydrogen) atoms. The minimum atomic E-state index is -4.45. The van der Waals surface area contributed by atoms with Crippen LogP contribution in [0.25, 0.3) is 0 Å². The molecule has 4 nitrogen and oxygen atoms in total. The minimum absolute atomic E-state index is 0.0847. The van der Waals surface area contributed by atoms with Gasteiger partial charge in [0.2, 0.25) is 0 Å². The highest BCUT2D eigenvalue weighted by Gasteiger charge is 2.31. The molecule has 0 atom stereocenters. The summed E-state index contributed by atoms with van der Waals surface area (Å²) in [5.41, 5.74) is 0.468. The molecule has 8 heteroatoms. The first-order valence-corrected chi connectivity index (χ1v) is 9.74. The van der Waals surface area contributed by atoms with Crippen LogP contribution in [0.15, 0.2) is 60.5 Å². The van der Waals surface area contributed by atoms with Crippen LogP contribution in [-0.2, 0) is 12.7 Å². The number of carboxylic acids is 1. The number of allylic oxidation sites excluding steroid dienone is 1. The lowest BCUT2D eigenvalue weighted by molar-refractivity contribution is -0.137. The van der Waals surface area contributed by atoms with Crippen LogP contribution in [-0.4, -0.2) is 22.5 Å². The van der Waals surface area contributed by atoms with Crippen molar-refractivity contribution in [1.29, 1.82) is 0 Å². The van der Waals surface area contributed by atoms with Gasteiger partial charge in [-0.2, -0.15) is 13.2 Å². The molecule has 4 rings (SSSR count). The molecule has 1 aliphatic heterocycles. The number of rotatable bonds is 6. The van der Waals surface area contributed by atoms with Gasteiger partial charge < -0.3 is 14.7 Å². The number of carboxylic acid groups (broad SMARTS) is 1. The second-order valence-corrected chi connectivity index (χ2v) is 7.59. The summed E-state index contributed by atoms with van der Waals surface area (Å²) in [5, 5.41) is 9.17. The maximum atomic E-state index is 14.2. The molecule has 2 aliphatic rings. The van der Waals surface area contributed by atoms with Crippen molar-refractivity contribution in [3.63, 3.8) is 0 Å². The second kappa shape index (κ2) is 8.09. The maximum absolute atomic E-state index is 14.2. The number of alkyl halides is 3.